The van der Waals surface area contributed by atoms with Gasteiger partial charge in [-0.3, -0.25) is 4.79 Å². The Morgan fingerprint density at radius 1 is 1.14 bits per heavy atom. The molecule has 0 saturated carbocycles. The van der Waals surface area contributed by atoms with E-state index in [1.54, 1.807) is 37.8 Å². The molecule has 0 aromatic heterocycles. The molecule has 3 aromatic carbocycles. The van der Waals surface area contributed by atoms with Gasteiger partial charge in [0, 0.05) is 21.6 Å². The SMILES string of the molecule is C[C@@H](c1cccc(OCc2cccc(Br)c2)c1)N1C(=O)[C@H](NC(=O)OC(C)(C)C)Cc2ccc(Cl)cc21. The number of anilines is 1. The van der Waals surface area contributed by atoms with Crippen molar-refractivity contribution in [2.75, 3.05) is 4.90 Å². The molecular formula is C29H30BrClN2O4. The van der Waals surface area contributed by atoms with Crippen LogP contribution in [0.15, 0.2) is 71.2 Å². The highest BCUT2D eigenvalue weighted by Gasteiger charge is 2.37. The number of ether oxygens (including phenoxy) is 2. The van der Waals surface area contributed by atoms with E-state index in [1.165, 1.54) is 0 Å². The zero-order chi connectivity index (χ0) is 26.7. The topological polar surface area (TPSA) is 67.9 Å². The molecule has 0 saturated heterocycles. The van der Waals surface area contributed by atoms with E-state index >= 15 is 0 Å². The molecule has 8 heteroatoms. The highest BCUT2D eigenvalue weighted by Crippen LogP contribution is 2.37. The van der Waals surface area contributed by atoms with Gasteiger partial charge >= 0.3 is 6.09 Å². The quantitative estimate of drug-likeness (QED) is 0.332. The fourth-order valence-electron chi connectivity index (χ4n) is 4.30. The van der Waals surface area contributed by atoms with Gasteiger partial charge in [-0.15, -0.1) is 0 Å². The van der Waals surface area contributed by atoms with Crippen molar-refractivity contribution in [3.05, 3.63) is 92.9 Å². The molecule has 0 fully saturated rings. The number of benzene rings is 3. The average molecular weight is 586 g/mol. The number of carbonyl (C=O) groups excluding carboxylic acids is 2. The van der Waals surface area contributed by atoms with Crippen molar-refractivity contribution in [1.82, 2.24) is 5.32 Å². The Morgan fingerprint density at radius 2 is 1.89 bits per heavy atom. The summed E-state index contributed by atoms with van der Waals surface area (Å²) in [5.74, 6) is 0.470. The van der Waals surface area contributed by atoms with Crippen LogP contribution in [-0.4, -0.2) is 23.6 Å². The number of amides is 2. The van der Waals surface area contributed by atoms with Gasteiger partial charge in [-0.2, -0.15) is 0 Å². The minimum atomic E-state index is -0.762. The zero-order valence-corrected chi connectivity index (χ0v) is 23.6. The van der Waals surface area contributed by atoms with Crippen molar-refractivity contribution >= 4 is 45.2 Å². The molecule has 1 aliphatic rings. The van der Waals surface area contributed by atoms with Crippen LogP contribution >= 0.6 is 27.5 Å². The zero-order valence-electron chi connectivity index (χ0n) is 21.3. The Balaban J connectivity index is 1.59. The van der Waals surface area contributed by atoms with Crippen LogP contribution in [0.1, 0.15) is 50.4 Å². The summed E-state index contributed by atoms with van der Waals surface area (Å²) in [5, 5.41) is 3.29. The second-order valence-corrected chi connectivity index (χ2v) is 11.4. The molecule has 2 amide bonds. The number of rotatable bonds is 6. The average Bonchev–Trinajstić information content (AvgIpc) is 2.82. The van der Waals surface area contributed by atoms with Gasteiger partial charge in [-0.05, 0) is 80.8 Å². The Bertz CT molecular complexity index is 1310. The van der Waals surface area contributed by atoms with Gasteiger partial charge in [-0.25, -0.2) is 4.79 Å². The third kappa shape index (κ3) is 6.84. The number of nitrogens with zero attached hydrogens (tertiary/aromatic N) is 1. The van der Waals surface area contributed by atoms with E-state index in [0.29, 0.717) is 23.8 Å². The molecule has 3 aromatic rings. The summed E-state index contributed by atoms with van der Waals surface area (Å²) in [5.41, 5.74) is 2.91. The van der Waals surface area contributed by atoms with E-state index < -0.39 is 17.7 Å². The maximum Gasteiger partial charge on any atom is 0.408 e. The lowest BCUT2D eigenvalue weighted by atomic mass is 9.94. The van der Waals surface area contributed by atoms with Crippen molar-refractivity contribution < 1.29 is 19.1 Å². The summed E-state index contributed by atoms with van der Waals surface area (Å²) in [6.07, 6.45) is -0.275. The molecule has 1 heterocycles. The highest BCUT2D eigenvalue weighted by molar-refractivity contribution is 9.10. The molecule has 2 atom stereocenters. The van der Waals surface area contributed by atoms with E-state index in [4.69, 9.17) is 21.1 Å². The predicted molar refractivity (Wildman–Crippen MR) is 149 cm³/mol. The summed E-state index contributed by atoms with van der Waals surface area (Å²) in [7, 11) is 0. The van der Waals surface area contributed by atoms with Crippen molar-refractivity contribution in [3.63, 3.8) is 0 Å². The smallest absolute Gasteiger partial charge is 0.408 e. The number of fused-ring (bicyclic) bond motifs is 1. The number of hydrogen-bond donors (Lipinski definition) is 1. The van der Waals surface area contributed by atoms with Crippen molar-refractivity contribution in [2.24, 2.45) is 0 Å². The number of hydrogen-bond acceptors (Lipinski definition) is 4. The van der Waals surface area contributed by atoms with Crippen LogP contribution in [0.4, 0.5) is 10.5 Å². The Hall–Kier alpha value is -3.03. The molecule has 0 unspecified atom stereocenters. The summed E-state index contributed by atoms with van der Waals surface area (Å²) in [6.45, 7) is 7.72. The number of carbonyl (C=O) groups is 2. The minimum Gasteiger partial charge on any atom is -0.489 e. The van der Waals surface area contributed by atoms with E-state index in [-0.39, 0.29) is 11.9 Å². The minimum absolute atomic E-state index is 0.228. The number of halogens is 2. The van der Waals surface area contributed by atoms with Crippen LogP contribution in [0.2, 0.25) is 5.02 Å². The van der Waals surface area contributed by atoms with Crippen molar-refractivity contribution in [1.29, 1.82) is 0 Å². The van der Waals surface area contributed by atoms with E-state index in [0.717, 1.165) is 26.9 Å². The van der Waals surface area contributed by atoms with Gasteiger partial charge in [0.2, 0.25) is 0 Å². The first kappa shape index (κ1) is 27.0. The fraction of sp³-hybridized carbons (Fsp3) is 0.310. The van der Waals surface area contributed by atoms with Crippen LogP contribution in [0.3, 0.4) is 0 Å². The monoisotopic (exact) mass is 584 g/mol. The molecule has 194 valence electrons. The van der Waals surface area contributed by atoms with Crippen LogP contribution in [-0.2, 0) is 22.6 Å². The maximum absolute atomic E-state index is 13.7. The number of alkyl carbamates (subject to hydrolysis) is 1. The van der Waals surface area contributed by atoms with E-state index in [9.17, 15) is 9.59 Å². The molecule has 0 radical (unpaired) electrons. The summed E-state index contributed by atoms with van der Waals surface area (Å²) < 4.78 is 12.4. The van der Waals surface area contributed by atoms with Gasteiger partial charge in [-0.1, -0.05) is 57.9 Å². The molecule has 0 spiro atoms. The summed E-state index contributed by atoms with van der Waals surface area (Å²) in [4.78, 5) is 27.9. The van der Waals surface area contributed by atoms with E-state index in [1.807, 2.05) is 61.5 Å². The molecular weight excluding hydrogens is 556 g/mol. The second-order valence-electron chi connectivity index (χ2n) is 10.1. The van der Waals surface area contributed by atoms with E-state index in [2.05, 4.69) is 21.2 Å². The molecule has 4 rings (SSSR count). The normalized spacial score (nSPS) is 16.1. The third-order valence-electron chi connectivity index (χ3n) is 5.98. The highest BCUT2D eigenvalue weighted by atomic mass is 79.9. The molecule has 0 aliphatic carbocycles. The van der Waals surface area contributed by atoms with Gasteiger partial charge < -0.3 is 19.7 Å². The lowest BCUT2D eigenvalue weighted by Crippen LogP contribution is -2.54. The maximum atomic E-state index is 13.7. The molecule has 6 nitrogen and oxygen atoms in total. The van der Waals surface area contributed by atoms with Crippen LogP contribution in [0.5, 0.6) is 5.75 Å². The van der Waals surface area contributed by atoms with Crippen LogP contribution in [0, 0.1) is 0 Å². The first-order chi connectivity index (χ1) is 17.5. The molecule has 1 aliphatic heterocycles. The number of nitrogens with one attached hydrogen (secondary N) is 1. The molecule has 0 bridgehead atoms. The summed E-state index contributed by atoms with van der Waals surface area (Å²) in [6, 6.07) is 20.0. The van der Waals surface area contributed by atoms with Gasteiger partial charge in [0.1, 0.15) is 24.0 Å². The molecule has 37 heavy (non-hydrogen) atoms. The standard InChI is InChI=1S/C29H30BrClN2O4/c1-18(20-8-6-10-24(14-20)36-17-19-7-5-9-22(30)13-19)33-26-16-23(31)12-11-21(26)15-25(27(33)34)32-28(35)37-29(2,3)4/h5-14,16,18,25H,15,17H2,1-4H3,(H,32,35)/t18-,25+/m0/s1. The lowest BCUT2D eigenvalue weighted by Gasteiger charge is -2.38. The fourth-order valence-corrected chi connectivity index (χ4v) is 4.91. The summed E-state index contributed by atoms with van der Waals surface area (Å²) >= 11 is 9.80. The first-order valence-corrected chi connectivity index (χ1v) is 13.3. The third-order valence-corrected chi connectivity index (χ3v) is 6.71. The molecule has 1 N–H and O–H groups in total. The Labute approximate surface area is 231 Å². The van der Waals surface area contributed by atoms with Gasteiger partial charge in [0.05, 0.1) is 6.04 Å². The van der Waals surface area contributed by atoms with Crippen LogP contribution in [0.25, 0.3) is 0 Å². The largest absolute Gasteiger partial charge is 0.489 e. The van der Waals surface area contributed by atoms with Crippen molar-refractivity contribution in [3.8, 4) is 5.75 Å². The predicted octanol–water partition coefficient (Wildman–Crippen LogP) is 7.23. The van der Waals surface area contributed by atoms with Gasteiger partial charge in [0.15, 0.2) is 0 Å². The van der Waals surface area contributed by atoms with Gasteiger partial charge in [0.25, 0.3) is 5.91 Å². The first-order valence-electron chi connectivity index (χ1n) is 12.1. The lowest BCUT2D eigenvalue weighted by molar-refractivity contribution is -0.121. The van der Waals surface area contributed by atoms with Crippen LogP contribution < -0.4 is 15.0 Å². The Kier molecular flexibility index (Phi) is 8.14. The van der Waals surface area contributed by atoms with Crippen molar-refractivity contribution in [2.45, 2.75) is 58.4 Å². The second kappa shape index (κ2) is 11.2. The Morgan fingerprint density at radius 3 is 2.62 bits per heavy atom.